The fourth-order valence-electron chi connectivity index (χ4n) is 3.05. The van der Waals surface area contributed by atoms with Crippen LogP contribution in [0.5, 0.6) is 0 Å². The van der Waals surface area contributed by atoms with E-state index in [0.717, 1.165) is 5.56 Å². The lowest BCUT2D eigenvalue weighted by atomic mass is 9.97. The number of rotatable bonds is 4. The molecule has 5 nitrogen and oxygen atoms in total. The van der Waals surface area contributed by atoms with Crippen LogP contribution in [0.1, 0.15) is 18.4 Å². The minimum Gasteiger partial charge on any atom is -0.324 e. The van der Waals surface area contributed by atoms with Gasteiger partial charge in [-0.1, -0.05) is 47.0 Å². The second kappa shape index (κ2) is 8.19. The highest BCUT2D eigenvalue weighted by Gasteiger charge is 2.32. The molecule has 1 amide bonds. The van der Waals surface area contributed by atoms with E-state index in [2.05, 4.69) is 5.32 Å². The zero-order valence-electron chi connectivity index (χ0n) is 14.8. The van der Waals surface area contributed by atoms with Crippen molar-refractivity contribution in [3.8, 4) is 0 Å². The summed E-state index contributed by atoms with van der Waals surface area (Å²) in [4.78, 5) is 12.8. The molecule has 0 bridgehead atoms. The maximum absolute atomic E-state index is 12.7. The summed E-state index contributed by atoms with van der Waals surface area (Å²) in [5.74, 6) is -0.448. The maximum Gasteiger partial charge on any atom is 0.243 e. The Morgan fingerprint density at radius 3 is 2.33 bits per heavy atom. The molecule has 27 heavy (non-hydrogen) atoms. The zero-order chi connectivity index (χ0) is 19.6. The van der Waals surface area contributed by atoms with E-state index in [4.69, 9.17) is 23.2 Å². The molecule has 1 N–H and O–H groups in total. The van der Waals surface area contributed by atoms with E-state index in [1.54, 1.807) is 42.5 Å². The first-order chi connectivity index (χ1) is 12.8. The highest BCUT2D eigenvalue weighted by atomic mass is 35.5. The molecule has 0 aromatic heterocycles. The van der Waals surface area contributed by atoms with Crippen molar-refractivity contribution in [1.29, 1.82) is 0 Å². The van der Waals surface area contributed by atoms with Crippen LogP contribution in [0.15, 0.2) is 47.4 Å². The van der Waals surface area contributed by atoms with Gasteiger partial charge in [0.1, 0.15) is 0 Å². The van der Waals surface area contributed by atoms with E-state index in [0.29, 0.717) is 41.7 Å². The van der Waals surface area contributed by atoms with E-state index in [1.165, 1.54) is 4.31 Å². The third-order valence-electron chi connectivity index (χ3n) is 4.69. The lowest BCUT2D eigenvalue weighted by molar-refractivity contribution is -0.120. The monoisotopic (exact) mass is 426 g/mol. The van der Waals surface area contributed by atoms with Crippen LogP contribution in [-0.2, 0) is 14.8 Å². The SMILES string of the molecule is Cc1ccc(S(=O)(=O)N2CCC(C(=O)Nc3cccc(Cl)c3Cl)CC2)cc1. The molecular formula is C19H20Cl2N2O3S. The first kappa shape index (κ1) is 20.1. The predicted molar refractivity (Wildman–Crippen MR) is 108 cm³/mol. The Morgan fingerprint density at radius 1 is 1.07 bits per heavy atom. The molecule has 0 saturated carbocycles. The molecule has 2 aromatic carbocycles. The predicted octanol–water partition coefficient (Wildman–Crippen LogP) is 4.34. The number of anilines is 1. The number of aryl methyl sites for hydroxylation is 1. The maximum atomic E-state index is 12.7. The van der Waals surface area contributed by atoms with Crippen LogP contribution >= 0.6 is 23.2 Å². The van der Waals surface area contributed by atoms with Gasteiger partial charge in [0.15, 0.2) is 0 Å². The zero-order valence-corrected chi connectivity index (χ0v) is 17.1. The van der Waals surface area contributed by atoms with Crippen LogP contribution in [0, 0.1) is 12.8 Å². The third kappa shape index (κ3) is 4.46. The average Bonchev–Trinajstić information content (AvgIpc) is 2.66. The summed E-state index contributed by atoms with van der Waals surface area (Å²) in [6, 6.07) is 11.8. The van der Waals surface area contributed by atoms with Crippen LogP contribution in [0.25, 0.3) is 0 Å². The van der Waals surface area contributed by atoms with Crippen LogP contribution < -0.4 is 5.32 Å². The Labute approximate surface area is 169 Å². The summed E-state index contributed by atoms with van der Waals surface area (Å²) < 4.78 is 26.9. The Kier molecular flexibility index (Phi) is 6.11. The molecule has 0 unspecified atom stereocenters. The number of carbonyl (C=O) groups is 1. The third-order valence-corrected chi connectivity index (χ3v) is 7.42. The molecule has 0 atom stereocenters. The minimum atomic E-state index is -3.54. The number of carbonyl (C=O) groups excluding carboxylic acids is 1. The van der Waals surface area contributed by atoms with E-state index in [1.807, 2.05) is 6.92 Å². The van der Waals surface area contributed by atoms with Gasteiger partial charge in [-0.25, -0.2) is 8.42 Å². The second-order valence-corrected chi connectivity index (χ2v) is 9.31. The van der Waals surface area contributed by atoms with Gasteiger partial charge in [-0.15, -0.1) is 0 Å². The molecule has 1 saturated heterocycles. The van der Waals surface area contributed by atoms with Crippen molar-refractivity contribution in [2.24, 2.45) is 5.92 Å². The standard InChI is InChI=1S/C19H20Cl2N2O3S/c1-13-5-7-15(8-6-13)27(25,26)23-11-9-14(10-12-23)19(24)22-17-4-2-3-16(20)18(17)21/h2-8,14H,9-12H2,1H3,(H,22,24). The van der Waals surface area contributed by atoms with Gasteiger partial charge < -0.3 is 5.32 Å². The molecule has 0 spiro atoms. The molecule has 1 heterocycles. The van der Waals surface area contributed by atoms with E-state index in [-0.39, 0.29) is 16.7 Å². The first-order valence-corrected chi connectivity index (χ1v) is 10.8. The summed E-state index contributed by atoms with van der Waals surface area (Å²) in [7, 11) is -3.54. The molecule has 8 heteroatoms. The second-order valence-electron chi connectivity index (χ2n) is 6.58. The van der Waals surface area contributed by atoms with Crippen LogP contribution in [-0.4, -0.2) is 31.7 Å². The van der Waals surface area contributed by atoms with E-state index >= 15 is 0 Å². The number of hydrogen-bond donors (Lipinski definition) is 1. The van der Waals surface area contributed by atoms with Crippen molar-refractivity contribution in [2.75, 3.05) is 18.4 Å². The molecule has 1 aliphatic heterocycles. The summed E-state index contributed by atoms with van der Waals surface area (Å²) in [6.45, 7) is 2.52. The van der Waals surface area contributed by atoms with Crippen molar-refractivity contribution in [3.63, 3.8) is 0 Å². The van der Waals surface area contributed by atoms with Gasteiger partial charge in [-0.2, -0.15) is 4.31 Å². The Bertz CT molecular complexity index is 938. The van der Waals surface area contributed by atoms with Crippen molar-refractivity contribution < 1.29 is 13.2 Å². The van der Waals surface area contributed by atoms with E-state index in [9.17, 15) is 13.2 Å². The molecule has 0 aliphatic carbocycles. The molecular weight excluding hydrogens is 407 g/mol. The van der Waals surface area contributed by atoms with Crippen molar-refractivity contribution in [1.82, 2.24) is 4.31 Å². The summed E-state index contributed by atoms with van der Waals surface area (Å²) in [5, 5.41) is 3.46. The molecule has 2 aromatic rings. The van der Waals surface area contributed by atoms with Gasteiger partial charge in [0, 0.05) is 19.0 Å². The summed E-state index contributed by atoms with van der Waals surface area (Å²) >= 11 is 12.1. The van der Waals surface area contributed by atoms with Crippen LogP contribution in [0.4, 0.5) is 5.69 Å². The minimum absolute atomic E-state index is 0.174. The fraction of sp³-hybridized carbons (Fsp3) is 0.316. The number of amides is 1. The van der Waals surface area contributed by atoms with Gasteiger partial charge in [0.2, 0.25) is 15.9 Å². The number of hydrogen-bond acceptors (Lipinski definition) is 3. The molecule has 1 fully saturated rings. The summed E-state index contributed by atoms with van der Waals surface area (Å²) in [6.07, 6.45) is 0.907. The Hall–Kier alpha value is -1.60. The quantitative estimate of drug-likeness (QED) is 0.790. The number of nitrogens with zero attached hydrogens (tertiary/aromatic N) is 1. The lowest BCUT2D eigenvalue weighted by Gasteiger charge is -2.30. The average molecular weight is 427 g/mol. The number of halogens is 2. The fourth-order valence-corrected chi connectivity index (χ4v) is 4.87. The number of benzene rings is 2. The number of piperidine rings is 1. The number of sulfonamides is 1. The Morgan fingerprint density at radius 2 is 1.70 bits per heavy atom. The number of nitrogens with one attached hydrogen (secondary N) is 1. The largest absolute Gasteiger partial charge is 0.324 e. The Balaban J connectivity index is 1.63. The molecule has 144 valence electrons. The highest BCUT2D eigenvalue weighted by Crippen LogP contribution is 2.31. The van der Waals surface area contributed by atoms with Crippen LogP contribution in [0.3, 0.4) is 0 Å². The van der Waals surface area contributed by atoms with Crippen molar-refractivity contribution in [2.45, 2.75) is 24.7 Å². The first-order valence-electron chi connectivity index (χ1n) is 8.61. The van der Waals surface area contributed by atoms with Gasteiger partial charge in [-0.3, -0.25) is 4.79 Å². The molecule has 1 aliphatic rings. The van der Waals surface area contributed by atoms with E-state index < -0.39 is 10.0 Å². The normalized spacial score (nSPS) is 16.3. The van der Waals surface area contributed by atoms with Gasteiger partial charge in [0.05, 0.1) is 20.6 Å². The summed E-state index contributed by atoms with van der Waals surface area (Å²) in [5.41, 5.74) is 1.47. The van der Waals surface area contributed by atoms with Gasteiger partial charge in [0.25, 0.3) is 0 Å². The highest BCUT2D eigenvalue weighted by molar-refractivity contribution is 7.89. The van der Waals surface area contributed by atoms with Gasteiger partial charge >= 0.3 is 0 Å². The lowest BCUT2D eigenvalue weighted by Crippen LogP contribution is -2.41. The molecule has 3 rings (SSSR count). The van der Waals surface area contributed by atoms with Crippen molar-refractivity contribution >= 4 is 44.8 Å². The topological polar surface area (TPSA) is 66.5 Å². The smallest absolute Gasteiger partial charge is 0.243 e. The van der Waals surface area contributed by atoms with Crippen molar-refractivity contribution in [3.05, 3.63) is 58.1 Å². The molecule has 0 radical (unpaired) electrons. The van der Waals surface area contributed by atoms with Crippen LogP contribution in [0.2, 0.25) is 10.0 Å². The van der Waals surface area contributed by atoms with Gasteiger partial charge in [-0.05, 0) is 44.0 Å².